The highest BCUT2D eigenvalue weighted by molar-refractivity contribution is 5.99. The fraction of sp³-hybridized carbons (Fsp3) is 0.619. The lowest BCUT2D eigenvalue weighted by Gasteiger charge is -2.56. The van der Waals surface area contributed by atoms with E-state index in [2.05, 4.69) is 47.2 Å². The summed E-state index contributed by atoms with van der Waals surface area (Å²) in [5, 5.41) is 19.3. The van der Waals surface area contributed by atoms with Crippen molar-refractivity contribution in [2.75, 3.05) is 32.8 Å². The zero-order valence-corrected chi connectivity index (χ0v) is 52.8. The van der Waals surface area contributed by atoms with Crippen LogP contribution in [0.15, 0.2) is 64.6 Å². The van der Waals surface area contributed by atoms with E-state index in [1.165, 1.54) is 24.2 Å². The number of nitrogens with two attached hydrogens (primary N) is 7. The number of nitrogens with zero attached hydrogens (tertiary/aromatic N) is 3. The van der Waals surface area contributed by atoms with Gasteiger partial charge in [0.1, 0.15) is 54.1 Å². The van der Waals surface area contributed by atoms with Crippen LogP contribution in [0.5, 0.6) is 5.75 Å². The van der Waals surface area contributed by atoms with E-state index in [0.717, 1.165) is 24.8 Å². The second-order valence-electron chi connectivity index (χ2n) is 25.3. The van der Waals surface area contributed by atoms with Gasteiger partial charge in [0.15, 0.2) is 11.9 Å². The summed E-state index contributed by atoms with van der Waals surface area (Å²) in [5.41, 5.74) is 40.3. The van der Waals surface area contributed by atoms with Gasteiger partial charge in [0.25, 0.3) is 0 Å². The molecule has 8 atom stereocenters. The number of hydrogen-bond acceptors (Lipinski definition) is 14. The first kappa shape index (κ1) is 71.5. The lowest BCUT2D eigenvalue weighted by Crippen LogP contribution is -2.61. The number of likely N-dealkylation sites (tertiary alicyclic amines) is 1. The zero-order chi connectivity index (χ0) is 66.4. The minimum atomic E-state index is -1.69. The first-order chi connectivity index (χ1) is 43.4. The minimum Gasteiger partial charge on any atom is -0.494 e. The van der Waals surface area contributed by atoms with Gasteiger partial charge in [0.2, 0.25) is 59.1 Å². The molecule has 1 aliphatic heterocycles. The molecule has 0 unspecified atom stereocenters. The van der Waals surface area contributed by atoms with Crippen molar-refractivity contribution >= 4 is 71.0 Å². The molecule has 21 N–H and O–H groups in total. The maximum Gasteiger partial charge on any atom is 0.245 e. The summed E-state index contributed by atoms with van der Waals surface area (Å²) in [4.78, 5) is 149. The fourth-order valence-corrected chi connectivity index (χ4v) is 13.7. The largest absolute Gasteiger partial charge is 0.494 e. The van der Waals surface area contributed by atoms with Crippen molar-refractivity contribution in [1.82, 2.24) is 42.1 Å². The van der Waals surface area contributed by atoms with E-state index >= 15 is 0 Å². The number of hydrogen-bond donors (Lipinski definition) is 14. The Labute approximate surface area is 532 Å². The quantitative estimate of drug-likeness (QED) is 0.0213. The van der Waals surface area contributed by atoms with Gasteiger partial charge < -0.3 is 87.0 Å². The van der Waals surface area contributed by atoms with Crippen LogP contribution < -0.4 is 82.1 Å². The first-order valence-corrected chi connectivity index (χ1v) is 31.9. The van der Waals surface area contributed by atoms with Crippen molar-refractivity contribution < 1.29 is 52.7 Å². The van der Waals surface area contributed by atoms with Crippen molar-refractivity contribution in [1.29, 1.82) is 0 Å². The Morgan fingerprint density at radius 2 is 1.10 bits per heavy atom. The van der Waals surface area contributed by atoms with E-state index in [1.54, 1.807) is 56.3 Å². The predicted octanol–water partition coefficient (Wildman–Crippen LogP) is -1.28. The Bertz CT molecular complexity index is 2870. The van der Waals surface area contributed by atoms with Gasteiger partial charge in [0.05, 0.1) is 13.0 Å². The number of carbonyl (C=O) groups is 10. The van der Waals surface area contributed by atoms with Crippen LogP contribution in [-0.4, -0.2) is 157 Å². The van der Waals surface area contributed by atoms with Gasteiger partial charge in [-0.3, -0.25) is 57.9 Å². The van der Waals surface area contributed by atoms with Gasteiger partial charge in [-0.1, -0.05) is 56.3 Å². The molecule has 0 aromatic heterocycles. The van der Waals surface area contributed by atoms with E-state index in [-0.39, 0.29) is 107 Å². The van der Waals surface area contributed by atoms with Gasteiger partial charge >= 0.3 is 0 Å². The van der Waals surface area contributed by atoms with Gasteiger partial charge in [-0.2, -0.15) is 0 Å². The molecule has 91 heavy (non-hydrogen) atoms. The monoisotopic (exact) mass is 1270 g/mol. The van der Waals surface area contributed by atoms with E-state index in [9.17, 15) is 47.9 Å². The van der Waals surface area contributed by atoms with Crippen molar-refractivity contribution in [2.45, 2.75) is 185 Å². The van der Waals surface area contributed by atoms with Crippen LogP contribution in [0.4, 0.5) is 0 Å². The van der Waals surface area contributed by atoms with Crippen LogP contribution in [0, 0.1) is 29.1 Å². The third-order valence-electron chi connectivity index (χ3n) is 17.6. The average Bonchev–Trinajstić information content (AvgIpc) is 1.21. The smallest absolute Gasteiger partial charge is 0.245 e. The number of primary amides is 2. The molecule has 4 aliphatic carbocycles. The Morgan fingerprint density at radius 1 is 0.593 bits per heavy atom. The first-order valence-electron chi connectivity index (χ1n) is 31.9. The van der Waals surface area contributed by atoms with Crippen LogP contribution >= 0.6 is 0 Å². The molecule has 7 rings (SSSR count). The van der Waals surface area contributed by atoms with Crippen molar-refractivity contribution in [3.05, 3.63) is 65.7 Å². The standard InChI is InChI=1S/C63H97N17O11/c1-4-91-42-20-18-38(19-21-42)30-46(73-51(82)35-63-32-39-26-40(33-63)28-41(27-39)34-63)55(85)77-47(29-37-12-6-5-7-13-37)57(87)79-52(36(2)3)59(89)78-48(31-50(65)81)56(86)76-45(14-8-22-64)60(90)80-25-11-17-49(80)58(88)75-44(16-10-24-72-62(69)70)54(84)74-43(53(66)83)15-9-23-71-61(67)68/h5-7,12-13,18-21,36,39-41,43-49,52H,4,8-11,14-17,22-35,64H2,1-3H3,(H2,65,81)(H2,66,83)(H,73,82)(H,74,84)(H,75,88)(H,76,86)(H,77,85)(H,78,89)(H,79,87)(H4,67,68,71)(H4,69,70,72)/t39?,40?,41?,43-,44-,45-,46+,47-,48-,49+,52-,63?/m0/s1. The molecule has 0 spiro atoms. The third kappa shape index (κ3) is 22.1. The predicted molar refractivity (Wildman–Crippen MR) is 341 cm³/mol. The molecule has 1 heterocycles. The summed E-state index contributed by atoms with van der Waals surface area (Å²) in [6.07, 6.45) is 7.44. The van der Waals surface area contributed by atoms with Gasteiger partial charge in [-0.15, -0.1) is 0 Å². The van der Waals surface area contributed by atoms with Crippen molar-refractivity contribution in [2.24, 2.45) is 79.2 Å². The van der Waals surface area contributed by atoms with Crippen LogP contribution in [0.1, 0.15) is 135 Å². The van der Waals surface area contributed by atoms with Crippen LogP contribution in [0.3, 0.4) is 0 Å². The molecular formula is C63H97N17O11. The molecule has 2 aromatic carbocycles. The van der Waals surface area contributed by atoms with Crippen LogP contribution in [0.2, 0.25) is 0 Å². The topological polar surface area (TPSA) is 474 Å². The van der Waals surface area contributed by atoms with Crippen LogP contribution in [-0.2, 0) is 60.8 Å². The highest BCUT2D eigenvalue weighted by atomic mass is 16.5. The van der Waals surface area contributed by atoms with E-state index in [4.69, 9.17) is 44.9 Å². The molecule has 5 fully saturated rings. The van der Waals surface area contributed by atoms with Crippen molar-refractivity contribution in [3.63, 3.8) is 0 Å². The molecule has 5 aliphatic rings. The lowest BCUT2D eigenvalue weighted by atomic mass is 9.49. The molecule has 4 saturated carbocycles. The summed E-state index contributed by atoms with van der Waals surface area (Å²) in [7, 11) is 0. The fourth-order valence-electron chi connectivity index (χ4n) is 13.7. The molecule has 28 nitrogen and oxygen atoms in total. The molecule has 500 valence electrons. The normalized spacial score (nSPS) is 21.0. The average molecular weight is 1270 g/mol. The Hall–Kier alpha value is -8.56. The summed E-state index contributed by atoms with van der Waals surface area (Å²) in [5.74, 6) is -6.07. The van der Waals surface area contributed by atoms with Gasteiger partial charge in [-0.25, -0.2) is 0 Å². The zero-order valence-electron chi connectivity index (χ0n) is 52.8. The van der Waals surface area contributed by atoms with Crippen molar-refractivity contribution in [3.8, 4) is 5.75 Å². The highest BCUT2D eigenvalue weighted by Gasteiger charge is 2.52. The van der Waals surface area contributed by atoms with Gasteiger partial charge in [-0.05, 0) is 156 Å². The minimum absolute atomic E-state index is 0.00255. The maximum absolute atomic E-state index is 14.8. The molecule has 4 bridgehead atoms. The summed E-state index contributed by atoms with van der Waals surface area (Å²) in [6, 6.07) is 5.77. The molecular weight excluding hydrogens is 1170 g/mol. The second kappa shape index (κ2) is 34.6. The number of ether oxygens (including phenoxy) is 1. The summed E-state index contributed by atoms with van der Waals surface area (Å²) < 4.78 is 5.66. The Balaban J connectivity index is 1.17. The lowest BCUT2D eigenvalue weighted by molar-refractivity contribution is -0.143. The number of rotatable bonds is 37. The highest BCUT2D eigenvalue weighted by Crippen LogP contribution is 2.61. The maximum atomic E-state index is 14.8. The molecule has 28 heteroatoms. The number of aliphatic imine (C=N–C) groups is 2. The van der Waals surface area contributed by atoms with E-state index < -0.39 is 114 Å². The summed E-state index contributed by atoms with van der Waals surface area (Å²) in [6.45, 7) is 6.01. The number of guanidine groups is 2. The Kier molecular flexibility index (Phi) is 27.2. The Morgan fingerprint density at radius 3 is 1.65 bits per heavy atom. The summed E-state index contributed by atoms with van der Waals surface area (Å²) >= 11 is 0. The number of carbonyl (C=O) groups excluding carboxylic acids is 10. The second-order valence-corrected chi connectivity index (χ2v) is 25.3. The number of nitrogens with one attached hydrogen (secondary N) is 7. The van der Waals surface area contributed by atoms with E-state index in [0.29, 0.717) is 48.5 Å². The molecule has 1 saturated heterocycles. The number of amides is 10. The number of benzene rings is 2. The molecule has 0 radical (unpaired) electrons. The van der Waals surface area contributed by atoms with Gasteiger partial charge in [0, 0.05) is 38.9 Å². The third-order valence-corrected chi connectivity index (χ3v) is 17.6. The van der Waals surface area contributed by atoms with E-state index in [1.807, 2.05) is 19.1 Å². The van der Waals surface area contributed by atoms with Crippen LogP contribution in [0.25, 0.3) is 0 Å². The molecule has 10 amide bonds. The SMILES string of the molecule is CCOc1ccc(C[C@@H](NC(=O)CC23CC4CC(CC(C4)C2)C3)C(=O)N[C@@H](Cc2ccccc2)C(=O)N[C@H](C(=O)N[C@@H](CC(N)=O)C(=O)N[C@@H](CCCN)C(=O)N2CCC[C@@H]2C(=O)N[C@@H](CCCN=C(N)N)C(=O)N[C@@H](CCCN=C(N)N)C(N)=O)C(C)C)cc1. The molecule has 2 aromatic rings.